The molecule has 1 aromatic carbocycles. The van der Waals surface area contributed by atoms with E-state index in [-0.39, 0.29) is 23.5 Å². The molecule has 0 saturated heterocycles. The van der Waals surface area contributed by atoms with Crippen molar-refractivity contribution in [3.8, 4) is 11.4 Å². The van der Waals surface area contributed by atoms with Crippen molar-refractivity contribution in [3.05, 3.63) is 35.1 Å². The molecule has 0 aliphatic carbocycles. The van der Waals surface area contributed by atoms with Crippen LogP contribution in [0.3, 0.4) is 0 Å². The van der Waals surface area contributed by atoms with Crippen molar-refractivity contribution in [2.24, 2.45) is 0 Å². The highest BCUT2D eigenvalue weighted by molar-refractivity contribution is 7.99. The number of aryl methyl sites for hydroxylation is 1. The number of nitrogens with one attached hydrogen (secondary N) is 1. The monoisotopic (exact) mass is 406 g/mol. The minimum absolute atomic E-state index is 0.00967. The number of aromatic nitrogens is 5. The first-order valence-electron chi connectivity index (χ1n) is 8.44. The molecule has 0 unspecified atom stereocenters. The molecule has 0 atom stereocenters. The highest BCUT2D eigenvalue weighted by atomic mass is 32.2. The van der Waals surface area contributed by atoms with Gasteiger partial charge in [0.25, 0.3) is 0 Å². The first-order chi connectivity index (χ1) is 13.0. The molecule has 0 saturated carbocycles. The zero-order chi connectivity index (χ0) is 19.4. The van der Waals surface area contributed by atoms with Crippen molar-refractivity contribution >= 4 is 34.1 Å². The Balaban J connectivity index is 1.73. The summed E-state index contributed by atoms with van der Waals surface area (Å²) in [7, 11) is 0. The lowest BCUT2D eigenvalue weighted by atomic mass is 10.2. The third-order valence-electron chi connectivity index (χ3n) is 3.64. The number of rotatable bonds is 7. The van der Waals surface area contributed by atoms with Gasteiger partial charge in [-0.25, -0.2) is 4.39 Å². The maximum Gasteiger partial charge on any atom is 0.236 e. The second kappa shape index (κ2) is 8.57. The summed E-state index contributed by atoms with van der Waals surface area (Å²) in [4.78, 5) is 12.2. The quantitative estimate of drug-likeness (QED) is 0.601. The fourth-order valence-electron chi connectivity index (χ4n) is 2.40. The summed E-state index contributed by atoms with van der Waals surface area (Å²) in [6.45, 7) is 5.91. The van der Waals surface area contributed by atoms with Crippen molar-refractivity contribution in [3.63, 3.8) is 0 Å². The van der Waals surface area contributed by atoms with Crippen molar-refractivity contribution in [1.29, 1.82) is 0 Å². The fourth-order valence-corrected chi connectivity index (χ4v) is 3.96. The van der Waals surface area contributed by atoms with Crippen LogP contribution in [0.25, 0.3) is 11.4 Å². The lowest BCUT2D eigenvalue weighted by Crippen LogP contribution is -2.15. The molecule has 0 aliphatic rings. The molecule has 2 aromatic heterocycles. The summed E-state index contributed by atoms with van der Waals surface area (Å²) in [6.07, 6.45) is 0.776. The van der Waals surface area contributed by atoms with Gasteiger partial charge in [-0.3, -0.25) is 14.7 Å². The van der Waals surface area contributed by atoms with Crippen LogP contribution in [0.15, 0.2) is 29.4 Å². The Morgan fingerprint density at radius 2 is 2.04 bits per heavy atom. The summed E-state index contributed by atoms with van der Waals surface area (Å²) in [6, 6.07) is 6.45. The molecule has 10 heteroatoms. The van der Waals surface area contributed by atoms with E-state index < -0.39 is 0 Å². The van der Waals surface area contributed by atoms with Crippen LogP contribution in [0.4, 0.5) is 9.52 Å². The molecule has 3 rings (SSSR count). The van der Waals surface area contributed by atoms with E-state index in [9.17, 15) is 9.18 Å². The number of carbonyl (C=O) groups excluding carboxylic acids is 1. The number of amides is 1. The second-order valence-corrected chi connectivity index (χ2v) is 7.95. The fraction of sp³-hybridized carbons (Fsp3) is 0.353. The molecule has 0 spiro atoms. The van der Waals surface area contributed by atoms with Gasteiger partial charge in [0, 0.05) is 6.04 Å². The number of thioether (sulfide) groups is 1. The number of hydrogen-bond donors (Lipinski definition) is 1. The van der Waals surface area contributed by atoms with E-state index in [1.54, 1.807) is 18.2 Å². The highest BCUT2D eigenvalue weighted by Crippen LogP contribution is 2.29. The number of hydrogen-bond acceptors (Lipinski definition) is 7. The Kier molecular flexibility index (Phi) is 6.17. The first-order valence-corrected chi connectivity index (χ1v) is 10.2. The van der Waals surface area contributed by atoms with E-state index in [0.717, 1.165) is 11.4 Å². The van der Waals surface area contributed by atoms with E-state index in [2.05, 4.69) is 25.7 Å². The van der Waals surface area contributed by atoms with Crippen molar-refractivity contribution in [1.82, 2.24) is 25.0 Å². The van der Waals surface area contributed by atoms with Crippen LogP contribution in [0.1, 0.15) is 31.8 Å². The van der Waals surface area contributed by atoms with Gasteiger partial charge in [-0.15, -0.1) is 20.4 Å². The van der Waals surface area contributed by atoms with Crippen molar-refractivity contribution < 1.29 is 9.18 Å². The van der Waals surface area contributed by atoms with Gasteiger partial charge in [0.15, 0.2) is 11.0 Å². The molecule has 27 heavy (non-hydrogen) atoms. The number of carbonyl (C=O) groups is 1. The third-order valence-corrected chi connectivity index (χ3v) is 5.57. The number of halogens is 1. The first kappa shape index (κ1) is 19.4. The molecular weight excluding hydrogens is 387 g/mol. The minimum Gasteiger partial charge on any atom is -0.300 e. The maximum absolute atomic E-state index is 14.2. The summed E-state index contributed by atoms with van der Waals surface area (Å²) in [5.41, 5.74) is 0.385. The predicted octanol–water partition coefficient (Wildman–Crippen LogP) is 3.81. The summed E-state index contributed by atoms with van der Waals surface area (Å²) in [5.74, 6) is 0.0275. The topological polar surface area (TPSA) is 85.6 Å². The molecular formula is C17H19FN6OS2. The van der Waals surface area contributed by atoms with Crippen molar-refractivity contribution in [2.45, 2.75) is 38.4 Å². The molecule has 0 fully saturated rings. The Hall–Kier alpha value is -2.33. The predicted molar refractivity (Wildman–Crippen MR) is 104 cm³/mol. The Morgan fingerprint density at radius 1 is 1.26 bits per heavy atom. The van der Waals surface area contributed by atoms with E-state index >= 15 is 0 Å². The number of anilines is 1. The molecule has 0 bridgehead atoms. The van der Waals surface area contributed by atoms with Crippen LogP contribution in [0.5, 0.6) is 0 Å². The van der Waals surface area contributed by atoms with Gasteiger partial charge in [-0.05, 0) is 32.4 Å². The maximum atomic E-state index is 14.2. The van der Waals surface area contributed by atoms with Gasteiger partial charge in [0.1, 0.15) is 10.8 Å². The average Bonchev–Trinajstić information content (AvgIpc) is 3.27. The smallest absolute Gasteiger partial charge is 0.236 e. The zero-order valence-corrected chi connectivity index (χ0v) is 16.8. The molecule has 7 nitrogen and oxygen atoms in total. The molecule has 2 heterocycles. The SMILES string of the molecule is CCc1nnc(NC(=O)CSc2nnc(-c3ccccc3F)n2C(C)C)s1. The van der Waals surface area contributed by atoms with Crippen molar-refractivity contribution in [2.75, 3.05) is 11.1 Å². The Morgan fingerprint density at radius 3 is 2.70 bits per heavy atom. The Bertz CT molecular complexity index is 939. The van der Waals surface area contributed by atoms with Crippen LogP contribution in [-0.2, 0) is 11.2 Å². The lowest BCUT2D eigenvalue weighted by molar-refractivity contribution is -0.113. The van der Waals surface area contributed by atoms with Crippen LogP contribution < -0.4 is 5.32 Å². The molecule has 1 amide bonds. The average molecular weight is 407 g/mol. The van der Waals surface area contributed by atoms with Gasteiger partial charge in [0.05, 0.1) is 11.3 Å². The standard InChI is InChI=1S/C17H19FN6OS2/c1-4-14-20-22-16(27-14)19-13(25)9-26-17-23-21-15(24(17)10(2)3)11-7-5-6-8-12(11)18/h5-8,10H,4,9H2,1-3H3,(H,19,22,25). The number of benzene rings is 1. The van der Waals surface area contributed by atoms with Gasteiger partial charge in [-0.1, -0.05) is 42.2 Å². The largest absolute Gasteiger partial charge is 0.300 e. The van der Waals surface area contributed by atoms with E-state index in [1.807, 2.05) is 25.3 Å². The van der Waals surface area contributed by atoms with Gasteiger partial charge in [-0.2, -0.15) is 0 Å². The van der Waals surface area contributed by atoms with Gasteiger partial charge < -0.3 is 0 Å². The summed E-state index contributed by atoms with van der Waals surface area (Å²) < 4.78 is 16.0. The summed E-state index contributed by atoms with van der Waals surface area (Å²) in [5, 5.41) is 20.8. The molecule has 1 N–H and O–H groups in total. The van der Waals surface area contributed by atoms with Crippen LogP contribution in [0, 0.1) is 5.82 Å². The molecule has 0 aliphatic heterocycles. The summed E-state index contributed by atoms with van der Waals surface area (Å²) >= 11 is 2.60. The van der Waals surface area contributed by atoms with Crippen LogP contribution in [-0.4, -0.2) is 36.6 Å². The van der Waals surface area contributed by atoms with E-state index in [0.29, 0.717) is 21.7 Å². The lowest BCUT2D eigenvalue weighted by Gasteiger charge is -2.14. The minimum atomic E-state index is -0.357. The van der Waals surface area contributed by atoms with Crippen LogP contribution in [0.2, 0.25) is 0 Å². The highest BCUT2D eigenvalue weighted by Gasteiger charge is 2.20. The molecule has 3 aromatic rings. The zero-order valence-electron chi connectivity index (χ0n) is 15.1. The van der Waals surface area contributed by atoms with E-state index in [4.69, 9.17) is 0 Å². The molecule has 142 valence electrons. The normalized spacial score (nSPS) is 11.1. The number of nitrogens with zero attached hydrogens (tertiary/aromatic N) is 5. The Labute approximate surface area is 164 Å². The van der Waals surface area contributed by atoms with Crippen LogP contribution >= 0.6 is 23.1 Å². The third kappa shape index (κ3) is 4.51. The molecule has 0 radical (unpaired) electrons. The second-order valence-electron chi connectivity index (χ2n) is 5.94. The van der Waals surface area contributed by atoms with Gasteiger partial charge >= 0.3 is 0 Å². The van der Waals surface area contributed by atoms with Gasteiger partial charge in [0.2, 0.25) is 11.0 Å². The van der Waals surface area contributed by atoms with E-state index in [1.165, 1.54) is 29.2 Å².